The molecule has 2 heterocycles. The van der Waals surface area contributed by atoms with Crippen LogP contribution in [0.5, 0.6) is 28.7 Å². The van der Waals surface area contributed by atoms with Crippen LogP contribution in [0.3, 0.4) is 0 Å². The normalized spacial score (nSPS) is 20.5. The maximum Gasteiger partial charge on any atom is 0.303 e. The van der Waals surface area contributed by atoms with E-state index in [1.165, 1.54) is 24.3 Å². The third-order valence-corrected chi connectivity index (χ3v) is 5.73. The third kappa shape index (κ3) is 5.56. The molecule has 0 saturated carbocycles. The van der Waals surface area contributed by atoms with E-state index >= 15 is 0 Å². The molecular weight excluding hydrogens is 536 g/mol. The number of benzene rings is 2. The van der Waals surface area contributed by atoms with Gasteiger partial charge >= 0.3 is 17.9 Å². The lowest BCUT2D eigenvalue weighted by Gasteiger charge is -2.40. The molecule has 4 rings (SSSR count). The van der Waals surface area contributed by atoms with Gasteiger partial charge in [0.25, 0.3) is 0 Å². The monoisotopic (exact) mass is 560 g/mol. The Morgan fingerprint density at radius 3 is 2.05 bits per heavy atom. The van der Waals surface area contributed by atoms with E-state index in [-0.39, 0.29) is 17.1 Å². The zero-order chi connectivity index (χ0) is 29.3. The number of hydrogen-bond acceptors (Lipinski definition) is 14. The second-order valence-corrected chi connectivity index (χ2v) is 8.72. The zero-order valence-corrected chi connectivity index (χ0v) is 21.3. The number of rotatable bonds is 6. The number of hydrogen-bond donors (Lipinski definition) is 4. The lowest BCUT2D eigenvalue weighted by Crippen LogP contribution is -2.59. The van der Waals surface area contributed by atoms with E-state index in [1.807, 2.05) is 0 Å². The predicted molar refractivity (Wildman–Crippen MR) is 132 cm³/mol. The first-order chi connectivity index (χ1) is 18.9. The van der Waals surface area contributed by atoms with Gasteiger partial charge in [-0.05, 0) is 24.3 Å². The van der Waals surface area contributed by atoms with Crippen LogP contribution < -0.4 is 10.2 Å². The molecule has 1 aliphatic rings. The van der Waals surface area contributed by atoms with Gasteiger partial charge in [0.2, 0.25) is 29.3 Å². The lowest BCUT2D eigenvalue weighted by atomic mass is 10.0. The molecule has 0 aliphatic carbocycles. The summed E-state index contributed by atoms with van der Waals surface area (Å²) in [5, 5.41) is 40.6. The van der Waals surface area contributed by atoms with Crippen molar-refractivity contribution in [3.8, 4) is 40.1 Å². The fraction of sp³-hybridized carbons (Fsp3) is 0.308. The van der Waals surface area contributed by atoms with Crippen molar-refractivity contribution in [2.75, 3.05) is 6.61 Å². The molecule has 0 spiro atoms. The number of fused-ring (bicyclic) bond motifs is 1. The highest BCUT2D eigenvalue weighted by Crippen LogP contribution is 2.44. The van der Waals surface area contributed by atoms with Crippen molar-refractivity contribution in [2.45, 2.75) is 45.4 Å². The van der Waals surface area contributed by atoms with Crippen molar-refractivity contribution in [3.63, 3.8) is 0 Å². The minimum atomic E-state index is -1.63. The number of carbonyl (C=O) groups is 3. The second kappa shape index (κ2) is 11.0. The van der Waals surface area contributed by atoms with Crippen LogP contribution >= 0.6 is 0 Å². The van der Waals surface area contributed by atoms with Gasteiger partial charge in [-0.25, -0.2) is 0 Å². The van der Waals surface area contributed by atoms with Crippen molar-refractivity contribution in [1.82, 2.24) is 0 Å². The molecule has 0 amide bonds. The fourth-order valence-electron chi connectivity index (χ4n) is 4.15. The van der Waals surface area contributed by atoms with Gasteiger partial charge in [-0.15, -0.1) is 0 Å². The first kappa shape index (κ1) is 28.0. The zero-order valence-electron chi connectivity index (χ0n) is 21.3. The SMILES string of the molecule is CC(=O)OC1COC(Oc2c(O)cc(O)c3c(=O)c(O)c(-c4ccc(O)cc4)oc23)C(OC(C)=O)C1OC(C)=O. The van der Waals surface area contributed by atoms with E-state index < -0.39 is 88.5 Å². The van der Waals surface area contributed by atoms with Crippen molar-refractivity contribution >= 4 is 28.9 Å². The molecular formula is C26H24O14. The topological polar surface area (TPSA) is 208 Å². The number of phenolic OH excluding ortho intramolecular Hbond substituents is 3. The third-order valence-electron chi connectivity index (χ3n) is 5.73. The Labute approximate surface area is 224 Å². The molecule has 1 fully saturated rings. The highest BCUT2D eigenvalue weighted by atomic mass is 16.7. The molecule has 4 atom stereocenters. The molecule has 1 aromatic heterocycles. The Balaban J connectivity index is 1.85. The summed E-state index contributed by atoms with van der Waals surface area (Å²) in [4.78, 5) is 48.4. The van der Waals surface area contributed by atoms with Crippen molar-refractivity contribution in [3.05, 3.63) is 40.6 Å². The summed E-state index contributed by atoms with van der Waals surface area (Å²) in [5.74, 6) is -5.84. The van der Waals surface area contributed by atoms with Gasteiger partial charge in [-0.1, -0.05) is 0 Å². The largest absolute Gasteiger partial charge is 0.508 e. The summed E-state index contributed by atoms with van der Waals surface area (Å²) < 4.78 is 32.8. The number of aromatic hydroxyl groups is 4. The quantitative estimate of drug-likeness (QED) is 0.250. The summed E-state index contributed by atoms with van der Waals surface area (Å²) in [6, 6.07) is 5.96. The van der Waals surface area contributed by atoms with Crippen molar-refractivity contribution in [1.29, 1.82) is 0 Å². The van der Waals surface area contributed by atoms with Crippen LogP contribution in [0.2, 0.25) is 0 Å². The van der Waals surface area contributed by atoms with Crippen LogP contribution in [0.15, 0.2) is 39.5 Å². The first-order valence-electron chi connectivity index (χ1n) is 11.7. The summed E-state index contributed by atoms with van der Waals surface area (Å²) >= 11 is 0. The van der Waals surface area contributed by atoms with Gasteiger partial charge in [0.15, 0.2) is 29.3 Å². The number of ether oxygens (including phenoxy) is 5. The van der Waals surface area contributed by atoms with E-state index in [0.717, 1.165) is 26.8 Å². The van der Waals surface area contributed by atoms with Gasteiger partial charge in [-0.3, -0.25) is 19.2 Å². The molecule has 0 bridgehead atoms. The summed E-state index contributed by atoms with van der Waals surface area (Å²) in [5.41, 5.74) is -1.46. The summed E-state index contributed by atoms with van der Waals surface area (Å²) in [7, 11) is 0. The highest BCUT2D eigenvalue weighted by molar-refractivity contribution is 5.93. The van der Waals surface area contributed by atoms with Gasteiger partial charge in [0, 0.05) is 32.4 Å². The first-order valence-corrected chi connectivity index (χ1v) is 11.7. The molecule has 14 heteroatoms. The smallest absolute Gasteiger partial charge is 0.303 e. The molecule has 1 saturated heterocycles. The average molecular weight is 560 g/mol. The van der Waals surface area contributed by atoms with E-state index in [9.17, 15) is 39.6 Å². The second-order valence-electron chi connectivity index (χ2n) is 8.72. The van der Waals surface area contributed by atoms with Crippen LogP contribution in [-0.2, 0) is 33.3 Å². The van der Waals surface area contributed by atoms with E-state index in [2.05, 4.69) is 0 Å². The average Bonchev–Trinajstić information content (AvgIpc) is 2.86. The Kier molecular flexibility index (Phi) is 7.72. The van der Waals surface area contributed by atoms with Gasteiger partial charge in [0.05, 0.1) is 6.61 Å². The molecule has 14 nitrogen and oxygen atoms in total. The standard InChI is InChI=1S/C26H24O14/c1-10(27)36-17-9-35-26(25(38-12(3)29)23(17)37-11(2)28)40-22-16(32)8-15(31)18-19(33)20(34)21(39-24(18)22)13-4-6-14(30)7-5-13/h4-8,17,23,25-26,30-32,34H,9H2,1-3H3. The maximum atomic E-state index is 13.0. The number of phenols is 3. The Hall–Kier alpha value is -4.98. The van der Waals surface area contributed by atoms with Crippen molar-refractivity contribution < 1.29 is 62.9 Å². The van der Waals surface area contributed by atoms with Crippen molar-refractivity contribution in [2.24, 2.45) is 0 Å². The van der Waals surface area contributed by atoms with Crippen LogP contribution in [0.25, 0.3) is 22.3 Å². The molecule has 2 aromatic carbocycles. The molecule has 4 unspecified atom stereocenters. The Morgan fingerprint density at radius 1 is 0.850 bits per heavy atom. The van der Waals surface area contributed by atoms with Crippen LogP contribution in [0, 0.1) is 0 Å². The molecule has 40 heavy (non-hydrogen) atoms. The molecule has 4 N–H and O–H groups in total. The minimum Gasteiger partial charge on any atom is -0.508 e. The Bertz CT molecular complexity index is 1520. The van der Waals surface area contributed by atoms with Crippen LogP contribution in [0.1, 0.15) is 20.8 Å². The van der Waals surface area contributed by atoms with Gasteiger partial charge in [-0.2, -0.15) is 0 Å². The van der Waals surface area contributed by atoms with Gasteiger partial charge < -0.3 is 48.5 Å². The van der Waals surface area contributed by atoms with Crippen LogP contribution in [0.4, 0.5) is 0 Å². The van der Waals surface area contributed by atoms with E-state index in [0.29, 0.717) is 0 Å². The molecule has 212 valence electrons. The molecule has 3 aromatic rings. The van der Waals surface area contributed by atoms with Gasteiger partial charge in [0.1, 0.15) is 16.9 Å². The predicted octanol–water partition coefficient (Wildman–Crippen LogP) is 1.81. The minimum absolute atomic E-state index is 0.106. The van der Waals surface area contributed by atoms with E-state index in [1.54, 1.807) is 0 Å². The number of esters is 3. The lowest BCUT2D eigenvalue weighted by molar-refractivity contribution is -0.259. The summed E-state index contributed by atoms with van der Waals surface area (Å²) in [6.45, 7) is 2.83. The summed E-state index contributed by atoms with van der Waals surface area (Å²) in [6.07, 6.45) is -5.79. The maximum absolute atomic E-state index is 13.0. The fourth-order valence-corrected chi connectivity index (χ4v) is 4.15. The van der Waals surface area contributed by atoms with Crippen LogP contribution in [-0.4, -0.2) is 69.5 Å². The Morgan fingerprint density at radius 2 is 1.45 bits per heavy atom. The highest BCUT2D eigenvalue weighted by Gasteiger charge is 2.48. The number of carbonyl (C=O) groups excluding carboxylic acids is 3. The van der Waals surface area contributed by atoms with E-state index in [4.69, 9.17) is 28.1 Å². The molecule has 1 aliphatic heterocycles. The molecule has 0 radical (unpaired) electrons.